The van der Waals surface area contributed by atoms with Gasteiger partial charge >= 0.3 is 0 Å². The third-order valence-electron chi connectivity index (χ3n) is 3.46. The highest BCUT2D eigenvalue weighted by Crippen LogP contribution is 2.21. The lowest BCUT2D eigenvalue weighted by molar-refractivity contribution is 0.0937. The topological polar surface area (TPSA) is 97.6 Å². The number of benzene rings is 1. The first-order valence-corrected chi connectivity index (χ1v) is 9.25. The first-order valence-electron chi connectivity index (χ1n) is 7.67. The Morgan fingerprint density at radius 2 is 1.81 bits per heavy atom. The zero-order valence-electron chi connectivity index (χ0n) is 13.9. The number of nitrogens with zero attached hydrogens (tertiary/aromatic N) is 5. The van der Waals surface area contributed by atoms with Crippen LogP contribution in [-0.2, 0) is 0 Å². The maximum Gasteiger partial charge on any atom is 0.252 e. The molecule has 2 heterocycles. The van der Waals surface area contributed by atoms with Crippen LogP contribution in [0.5, 0.6) is 0 Å². The van der Waals surface area contributed by atoms with Crippen molar-refractivity contribution < 1.29 is 4.79 Å². The molecule has 1 atom stereocenters. The largest absolute Gasteiger partial charge is 0.356 e. The van der Waals surface area contributed by atoms with Crippen LogP contribution < -0.4 is 10.6 Å². The Bertz CT molecular complexity index is 909. The average Bonchev–Trinajstić information content (AvgIpc) is 3.06. The normalized spacial score (nSPS) is 11.8. The molecule has 1 aromatic carbocycles. The van der Waals surface area contributed by atoms with Gasteiger partial charge in [-0.3, -0.25) is 4.79 Å². The van der Waals surface area contributed by atoms with E-state index in [-0.39, 0.29) is 5.91 Å². The summed E-state index contributed by atoms with van der Waals surface area (Å²) in [5.41, 5.74) is 0.522. The molecule has 0 bridgehead atoms. The summed E-state index contributed by atoms with van der Waals surface area (Å²) in [6.07, 6.45) is 3.24. The number of amides is 1. The lowest BCUT2D eigenvalue weighted by Gasteiger charge is -2.14. The van der Waals surface area contributed by atoms with Crippen molar-refractivity contribution in [1.29, 1.82) is 0 Å². The summed E-state index contributed by atoms with van der Waals surface area (Å²) in [5, 5.41) is 10.1. The Kier molecular flexibility index (Phi) is 5.62. The van der Waals surface area contributed by atoms with Crippen LogP contribution in [0.3, 0.4) is 0 Å². The second kappa shape index (κ2) is 7.92. The van der Waals surface area contributed by atoms with E-state index in [0.717, 1.165) is 8.95 Å². The molecule has 3 aromatic rings. The van der Waals surface area contributed by atoms with E-state index in [9.17, 15) is 4.79 Å². The molecular weight excluding hydrogens is 466 g/mol. The van der Waals surface area contributed by atoms with Crippen LogP contribution >= 0.6 is 31.9 Å². The number of carbonyl (C=O) groups excluding carboxylic acids is 1. The molecule has 26 heavy (non-hydrogen) atoms. The smallest absolute Gasteiger partial charge is 0.252 e. The molecule has 1 amide bonds. The molecule has 3 rings (SSSR count). The number of aromatic nitrogens is 5. The van der Waals surface area contributed by atoms with Gasteiger partial charge in [-0.15, -0.1) is 5.10 Å². The van der Waals surface area contributed by atoms with Crippen LogP contribution in [0.25, 0.3) is 5.95 Å². The molecule has 10 heteroatoms. The Hall–Kier alpha value is -2.33. The van der Waals surface area contributed by atoms with E-state index in [1.807, 2.05) is 13.0 Å². The number of hydrogen-bond acceptors (Lipinski definition) is 6. The van der Waals surface area contributed by atoms with E-state index in [0.29, 0.717) is 23.3 Å². The van der Waals surface area contributed by atoms with E-state index in [4.69, 9.17) is 0 Å². The second-order valence-corrected chi connectivity index (χ2v) is 7.19. The molecule has 0 radical (unpaired) electrons. The quantitative estimate of drug-likeness (QED) is 0.582. The number of rotatable bonds is 5. The molecule has 0 aliphatic carbocycles. The van der Waals surface area contributed by atoms with E-state index in [1.165, 1.54) is 4.68 Å². The highest BCUT2D eigenvalue weighted by molar-refractivity contribution is 9.11. The minimum Gasteiger partial charge on any atom is -0.356 e. The van der Waals surface area contributed by atoms with Gasteiger partial charge in [0.05, 0.1) is 6.04 Å². The molecule has 2 aromatic heterocycles. The van der Waals surface area contributed by atoms with Crippen molar-refractivity contribution in [2.75, 3.05) is 12.4 Å². The van der Waals surface area contributed by atoms with Gasteiger partial charge in [-0.25, -0.2) is 9.97 Å². The van der Waals surface area contributed by atoms with Crippen LogP contribution in [0.2, 0.25) is 0 Å². The van der Waals surface area contributed by atoms with Crippen LogP contribution in [-0.4, -0.2) is 37.7 Å². The molecule has 2 N–H and O–H groups in total. The summed E-state index contributed by atoms with van der Waals surface area (Å²) in [6.45, 7) is 1.83. The monoisotopic (exact) mass is 479 g/mol. The molecule has 0 saturated carbocycles. The number of nitrogens with one attached hydrogen (secondary N) is 2. The third kappa shape index (κ3) is 4.07. The van der Waals surface area contributed by atoms with Gasteiger partial charge in [0.1, 0.15) is 0 Å². The van der Waals surface area contributed by atoms with Crippen molar-refractivity contribution >= 4 is 43.7 Å². The summed E-state index contributed by atoms with van der Waals surface area (Å²) in [5.74, 6) is 1.08. The van der Waals surface area contributed by atoms with Crippen LogP contribution in [0, 0.1) is 0 Å². The molecule has 0 fully saturated rings. The molecule has 0 aliphatic heterocycles. The summed E-state index contributed by atoms with van der Waals surface area (Å²) in [7, 11) is 1.72. The van der Waals surface area contributed by atoms with Crippen molar-refractivity contribution in [2.24, 2.45) is 0 Å². The van der Waals surface area contributed by atoms with Gasteiger partial charge in [0.2, 0.25) is 5.95 Å². The van der Waals surface area contributed by atoms with E-state index in [2.05, 4.69) is 62.5 Å². The molecule has 0 saturated heterocycles. The predicted molar refractivity (Wildman–Crippen MR) is 104 cm³/mol. The minimum atomic E-state index is -0.418. The van der Waals surface area contributed by atoms with Gasteiger partial charge in [0.15, 0.2) is 5.82 Å². The molecule has 0 unspecified atom stereocenters. The van der Waals surface area contributed by atoms with Crippen molar-refractivity contribution in [2.45, 2.75) is 13.0 Å². The van der Waals surface area contributed by atoms with E-state index < -0.39 is 6.04 Å². The second-order valence-electron chi connectivity index (χ2n) is 5.36. The summed E-state index contributed by atoms with van der Waals surface area (Å²) in [6, 6.07) is 6.66. The van der Waals surface area contributed by atoms with Gasteiger partial charge in [-0.05, 0) is 31.2 Å². The van der Waals surface area contributed by atoms with Crippen LogP contribution in [0.4, 0.5) is 5.95 Å². The maximum atomic E-state index is 12.6. The van der Waals surface area contributed by atoms with Crippen molar-refractivity contribution in [3.63, 3.8) is 0 Å². The number of carbonyl (C=O) groups is 1. The van der Waals surface area contributed by atoms with E-state index >= 15 is 0 Å². The lowest BCUT2D eigenvalue weighted by Crippen LogP contribution is -2.29. The van der Waals surface area contributed by atoms with E-state index in [1.54, 1.807) is 37.6 Å². The fourth-order valence-electron chi connectivity index (χ4n) is 2.29. The highest BCUT2D eigenvalue weighted by Gasteiger charge is 2.21. The van der Waals surface area contributed by atoms with Crippen LogP contribution in [0.1, 0.15) is 29.1 Å². The fraction of sp³-hybridized carbons (Fsp3) is 0.188. The minimum absolute atomic E-state index is 0.228. The van der Waals surface area contributed by atoms with Gasteiger partial charge in [0.25, 0.3) is 11.9 Å². The first-order chi connectivity index (χ1) is 12.5. The van der Waals surface area contributed by atoms with Crippen molar-refractivity contribution in [3.05, 3.63) is 57.0 Å². The number of halogens is 2. The number of anilines is 1. The fourth-order valence-corrected chi connectivity index (χ4v) is 3.58. The SMILES string of the molecule is CNc1nc([C@H](C)NC(=O)c2cc(Br)cc(Br)c2)n(-c2ncccn2)n1. The molecule has 134 valence electrons. The average molecular weight is 481 g/mol. The predicted octanol–water partition coefficient (Wildman–Crippen LogP) is 3.12. The molecular formula is C16H15Br2N7O. The maximum absolute atomic E-state index is 12.6. The van der Waals surface area contributed by atoms with Gasteiger partial charge < -0.3 is 10.6 Å². The summed E-state index contributed by atoms with van der Waals surface area (Å²) in [4.78, 5) is 25.4. The highest BCUT2D eigenvalue weighted by atomic mass is 79.9. The molecule has 0 aliphatic rings. The van der Waals surface area contributed by atoms with Crippen molar-refractivity contribution in [1.82, 2.24) is 30.0 Å². The van der Waals surface area contributed by atoms with Crippen molar-refractivity contribution in [3.8, 4) is 5.95 Å². The Balaban J connectivity index is 1.89. The Morgan fingerprint density at radius 3 is 2.42 bits per heavy atom. The molecule has 0 spiro atoms. The Labute approximate surface area is 166 Å². The van der Waals surface area contributed by atoms with Crippen LogP contribution in [0.15, 0.2) is 45.6 Å². The van der Waals surface area contributed by atoms with Gasteiger partial charge in [-0.1, -0.05) is 31.9 Å². The Morgan fingerprint density at radius 1 is 1.15 bits per heavy atom. The summed E-state index contributed by atoms with van der Waals surface area (Å²) >= 11 is 6.77. The van der Waals surface area contributed by atoms with Gasteiger partial charge in [-0.2, -0.15) is 9.67 Å². The number of hydrogen-bond donors (Lipinski definition) is 2. The zero-order valence-corrected chi connectivity index (χ0v) is 17.1. The lowest BCUT2D eigenvalue weighted by atomic mass is 10.2. The zero-order chi connectivity index (χ0) is 18.7. The van der Waals surface area contributed by atoms with Gasteiger partial charge in [0, 0.05) is 34.0 Å². The summed E-state index contributed by atoms with van der Waals surface area (Å²) < 4.78 is 3.12. The molecule has 8 nitrogen and oxygen atoms in total. The standard InChI is InChI=1S/C16H15Br2N7O/c1-9(22-14(26)10-6-11(17)8-12(18)7-10)13-23-15(19-2)24-25(13)16-20-4-3-5-21-16/h3-9H,1-2H3,(H,19,24)(H,22,26)/t9-/m0/s1. The first kappa shape index (κ1) is 18.5. The third-order valence-corrected chi connectivity index (χ3v) is 4.37.